The number of amides is 1. The Morgan fingerprint density at radius 1 is 1.29 bits per heavy atom. The first-order valence-corrected chi connectivity index (χ1v) is 7.42. The lowest BCUT2D eigenvalue weighted by molar-refractivity contribution is 0.0943. The number of rotatable bonds is 5. The maximum atomic E-state index is 12.0. The Balaban J connectivity index is 1.58. The number of hydrogen-bond acceptors (Lipinski definition) is 3. The molecule has 0 atom stereocenters. The monoisotopic (exact) mass is 284 g/mol. The van der Waals surface area contributed by atoms with Crippen LogP contribution in [0.2, 0.25) is 0 Å². The van der Waals surface area contributed by atoms with Gasteiger partial charge in [0.2, 0.25) is 0 Å². The number of nitrogens with zero attached hydrogens (tertiary/aromatic N) is 2. The second-order valence-corrected chi connectivity index (χ2v) is 5.58. The van der Waals surface area contributed by atoms with Gasteiger partial charge in [0.15, 0.2) is 5.69 Å². The van der Waals surface area contributed by atoms with Gasteiger partial charge in [-0.2, -0.15) is 5.10 Å². The summed E-state index contributed by atoms with van der Waals surface area (Å²) in [7, 11) is 0. The smallest absolute Gasteiger partial charge is 0.271 e. The highest BCUT2D eigenvalue weighted by Gasteiger charge is 2.17. The van der Waals surface area contributed by atoms with Gasteiger partial charge in [-0.25, -0.2) is 4.68 Å². The maximum absolute atomic E-state index is 12.0. The van der Waals surface area contributed by atoms with Crippen molar-refractivity contribution in [1.29, 1.82) is 0 Å². The Labute approximate surface area is 124 Å². The number of nitrogens with one attached hydrogen (secondary N) is 1. The number of hydrogen-bond donors (Lipinski definition) is 2. The van der Waals surface area contributed by atoms with Crippen LogP contribution in [0.15, 0.2) is 36.5 Å². The van der Waals surface area contributed by atoms with Crippen LogP contribution >= 0.6 is 0 Å². The minimum atomic E-state index is -0.108. The van der Waals surface area contributed by atoms with E-state index in [1.165, 1.54) is 19.3 Å². The fourth-order valence-electron chi connectivity index (χ4n) is 2.48. The van der Waals surface area contributed by atoms with Crippen molar-refractivity contribution in [1.82, 2.24) is 15.1 Å². The van der Waals surface area contributed by atoms with Gasteiger partial charge in [0.05, 0.1) is 5.69 Å². The number of benzene rings is 1. The number of carbonyl (C=O) groups is 1. The van der Waals surface area contributed by atoms with Crippen LogP contribution in [0.3, 0.4) is 0 Å². The van der Waals surface area contributed by atoms with Gasteiger partial charge < -0.3 is 11.1 Å². The van der Waals surface area contributed by atoms with Crippen molar-refractivity contribution in [3.8, 4) is 5.69 Å². The molecule has 1 heterocycles. The van der Waals surface area contributed by atoms with Gasteiger partial charge in [-0.15, -0.1) is 0 Å². The largest absolute Gasteiger partial charge is 0.399 e. The molecule has 0 unspecified atom stereocenters. The normalized spacial score (nSPS) is 14.7. The van der Waals surface area contributed by atoms with Gasteiger partial charge in [0.25, 0.3) is 5.91 Å². The molecule has 2 aromatic rings. The van der Waals surface area contributed by atoms with Gasteiger partial charge in [0, 0.05) is 18.4 Å². The van der Waals surface area contributed by atoms with Crippen molar-refractivity contribution in [3.63, 3.8) is 0 Å². The van der Waals surface area contributed by atoms with Gasteiger partial charge in [-0.1, -0.05) is 19.3 Å². The van der Waals surface area contributed by atoms with Gasteiger partial charge in [0.1, 0.15) is 0 Å². The average molecular weight is 284 g/mol. The van der Waals surface area contributed by atoms with Gasteiger partial charge in [-0.3, -0.25) is 4.79 Å². The Bertz CT molecular complexity index is 613. The molecular weight excluding hydrogens is 264 g/mol. The number of nitrogen functional groups attached to an aromatic ring is 1. The molecule has 3 rings (SSSR count). The first-order chi connectivity index (χ1) is 10.2. The van der Waals surface area contributed by atoms with E-state index in [-0.39, 0.29) is 5.91 Å². The minimum absolute atomic E-state index is 0.108. The molecule has 3 N–H and O–H groups in total. The van der Waals surface area contributed by atoms with Crippen molar-refractivity contribution in [2.75, 3.05) is 12.3 Å². The Morgan fingerprint density at radius 2 is 2.05 bits per heavy atom. The summed E-state index contributed by atoms with van der Waals surface area (Å²) >= 11 is 0. The average Bonchev–Trinajstić information content (AvgIpc) is 2.92. The van der Waals surface area contributed by atoms with Gasteiger partial charge in [-0.05, 0) is 42.7 Å². The van der Waals surface area contributed by atoms with Crippen LogP contribution in [0.1, 0.15) is 36.2 Å². The molecule has 5 heteroatoms. The molecule has 21 heavy (non-hydrogen) atoms. The topological polar surface area (TPSA) is 72.9 Å². The second kappa shape index (κ2) is 5.99. The fourth-order valence-corrected chi connectivity index (χ4v) is 2.48. The molecule has 1 aromatic heterocycles. The quantitative estimate of drug-likeness (QED) is 0.828. The van der Waals surface area contributed by atoms with Crippen LogP contribution in [0, 0.1) is 5.92 Å². The number of aromatic nitrogens is 2. The summed E-state index contributed by atoms with van der Waals surface area (Å²) in [6.45, 7) is 0.734. The number of carbonyl (C=O) groups excluding carboxylic acids is 1. The van der Waals surface area contributed by atoms with Crippen LogP contribution in [-0.2, 0) is 0 Å². The standard InChI is InChI=1S/C16H20N4O/c17-13-4-6-14(7-5-13)20-11-9-15(19-20)16(21)18-10-8-12-2-1-3-12/h4-7,9,11-12H,1-3,8,10,17H2,(H,18,21). The highest BCUT2D eigenvalue weighted by Crippen LogP contribution is 2.28. The summed E-state index contributed by atoms with van der Waals surface area (Å²) in [6, 6.07) is 9.11. The molecule has 0 aliphatic heterocycles. The van der Waals surface area contributed by atoms with Crippen LogP contribution in [0.4, 0.5) is 5.69 Å². The molecule has 5 nitrogen and oxygen atoms in total. The van der Waals surface area contributed by atoms with E-state index in [1.54, 1.807) is 16.9 Å². The minimum Gasteiger partial charge on any atom is -0.399 e. The first kappa shape index (κ1) is 13.7. The van der Waals surface area contributed by atoms with E-state index in [9.17, 15) is 4.79 Å². The third kappa shape index (κ3) is 3.24. The molecule has 1 aliphatic rings. The third-order valence-corrected chi connectivity index (χ3v) is 4.04. The Kier molecular flexibility index (Phi) is 3.90. The highest BCUT2D eigenvalue weighted by molar-refractivity contribution is 5.92. The van der Waals surface area contributed by atoms with Crippen LogP contribution in [0.25, 0.3) is 5.69 Å². The molecule has 1 aliphatic carbocycles. The van der Waals surface area contributed by atoms with Crippen molar-refractivity contribution in [2.24, 2.45) is 5.92 Å². The molecule has 0 spiro atoms. The molecule has 1 fully saturated rings. The molecular formula is C16H20N4O. The predicted octanol–water partition coefficient (Wildman–Crippen LogP) is 2.37. The van der Waals surface area contributed by atoms with E-state index in [4.69, 9.17) is 5.73 Å². The first-order valence-electron chi connectivity index (χ1n) is 7.42. The van der Waals surface area contributed by atoms with E-state index in [1.807, 2.05) is 24.3 Å². The van der Waals surface area contributed by atoms with Crippen molar-refractivity contribution >= 4 is 11.6 Å². The molecule has 0 saturated heterocycles. The van der Waals surface area contributed by atoms with E-state index in [0.717, 1.165) is 24.6 Å². The summed E-state index contributed by atoms with van der Waals surface area (Å²) in [4.78, 5) is 12.0. The van der Waals surface area contributed by atoms with E-state index >= 15 is 0 Å². The van der Waals surface area contributed by atoms with Crippen molar-refractivity contribution in [2.45, 2.75) is 25.7 Å². The summed E-state index contributed by atoms with van der Waals surface area (Å²) in [5.41, 5.74) is 7.70. The zero-order chi connectivity index (χ0) is 14.7. The Hall–Kier alpha value is -2.30. The highest BCUT2D eigenvalue weighted by atomic mass is 16.1. The molecule has 0 radical (unpaired) electrons. The van der Waals surface area contributed by atoms with Crippen LogP contribution in [0.5, 0.6) is 0 Å². The number of nitrogens with two attached hydrogens (primary N) is 1. The molecule has 0 bridgehead atoms. The second-order valence-electron chi connectivity index (χ2n) is 5.58. The SMILES string of the molecule is Nc1ccc(-n2ccc(C(=O)NCCC3CCC3)n2)cc1. The zero-order valence-corrected chi connectivity index (χ0v) is 12.0. The lowest BCUT2D eigenvalue weighted by atomic mass is 9.83. The van der Waals surface area contributed by atoms with E-state index in [2.05, 4.69) is 10.4 Å². The maximum Gasteiger partial charge on any atom is 0.271 e. The molecule has 1 amide bonds. The lowest BCUT2D eigenvalue weighted by Gasteiger charge is -2.24. The Morgan fingerprint density at radius 3 is 2.71 bits per heavy atom. The van der Waals surface area contributed by atoms with Gasteiger partial charge >= 0.3 is 0 Å². The molecule has 110 valence electrons. The number of anilines is 1. The molecule has 1 aromatic carbocycles. The summed E-state index contributed by atoms with van der Waals surface area (Å²) in [5, 5.41) is 7.24. The summed E-state index contributed by atoms with van der Waals surface area (Å²) in [5.74, 6) is 0.696. The fraction of sp³-hybridized carbons (Fsp3) is 0.375. The third-order valence-electron chi connectivity index (χ3n) is 4.04. The molecule has 1 saturated carbocycles. The van der Waals surface area contributed by atoms with E-state index < -0.39 is 0 Å². The predicted molar refractivity (Wildman–Crippen MR) is 82.3 cm³/mol. The summed E-state index contributed by atoms with van der Waals surface area (Å²) < 4.78 is 1.68. The van der Waals surface area contributed by atoms with Crippen LogP contribution in [-0.4, -0.2) is 22.2 Å². The van der Waals surface area contributed by atoms with Crippen LogP contribution < -0.4 is 11.1 Å². The summed E-state index contributed by atoms with van der Waals surface area (Å²) in [6.07, 6.45) is 6.81. The van der Waals surface area contributed by atoms with Crippen molar-refractivity contribution < 1.29 is 4.79 Å². The van der Waals surface area contributed by atoms with Crippen molar-refractivity contribution in [3.05, 3.63) is 42.2 Å². The lowest BCUT2D eigenvalue weighted by Crippen LogP contribution is -2.27. The van der Waals surface area contributed by atoms with E-state index in [0.29, 0.717) is 11.4 Å². The zero-order valence-electron chi connectivity index (χ0n) is 12.0.